The summed E-state index contributed by atoms with van der Waals surface area (Å²) in [6.45, 7) is 2.68. The van der Waals surface area contributed by atoms with Gasteiger partial charge in [0.25, 0.3) is 5.91 Å². The van der Waals surface area contributed by atoms with Crippen LogP contribution >= 0.6 is 11.6 Å². The van der Waals surface area contributed by atoms with Crippen LogP contribution in [0.15, 0.2) is 55.1 Å². The first-order valence-corrected chi connectivity index (χ1v) is 9.04. The third-order valence-electron chi connectivity index (χ3n) is 4.71. The highest BCUT2D eigenvalue weighted by Gasteiger charge is 2.25. The lowest BCUT2D eigenvalue weighted by Crippen LogP contribution is -2.49. The number of nitrogens with two attached hydrogens (primary N) is 1. The number of piperazine rings is 1. The van der Waals surface area contributed by atoms with Crippen molar-refractivity contribution in [3.8, 4) is 5.69 Å². The number of benzene rings is 2. The van der Waals surface area contributed by atoms with E-state index in [0.29, 0.717) is 29.4 Å². The van der Waals surface area contributed by atoms with E-state index in [-0.39, 0.29) is 5.91 Å². The summed E-state index contributed by atoms with van der Waals surface area (Å²) in [6.07, 6.45) is 3.30. The second-order valence-electron chi connectivity index (χ2n) is 6.38. The summed E-state index contributed by atoms with van der Waals surface area (Å²) in [5, 5.41) is 8.24. The van der Waals surface area contributed by atoms with Crippen LogP contribution in [0.3, 0.4) is 0 Å². The van der Waals surface area contributed by atoms with E-state index < -0.39 is 0 Å². The minimum absolute atomic E-state index is 0.0309. The Balaban J connectivity index is 1.52. The lowest BCUT2D eigenvalue weighted by atomic mass is 10.1. The van der Waals surface area contributed by atoms with Gasteiger partial charge >= 0.3 is 0 Å². The molecule has 0 unspecified atom stereocenters. The number of nitrogens with zero attached hydrogens (tertiary/aromatic N) is 5. The van der Waals surface area contributed by atoms with E-state index in [2.05, 4.69) is 15.1 Å². The van der Waals surface area contributed by atoms with Crippen molar-refractivity contribution in [1.29, 1.82) is 0 Å². The van der Waals surface area contributed by atoms with Crippen molar-refractivity contribution in [1.82, 2.24) is 19.7 Å². The molecule has 4 rings (SSSR count). The molecular formula is C19H19ClN6O. The molecule has 0 bridgehead atoms. The zero-order valence-electron chi connectivity index (χ0n) is 14.6. The Morgan fingerprint density at radius 3 is 2.37 bits per heavy atom. The molecule has 1 aromatic heterocycles. The fourth-order valence-electron chi connectivity index (χ4n) is 3.30. The van der Waals surface area contributed by atoms with E-state index in [9.17, 15) is 4.79 Å². The van der Waals surface area contributed by atoms with Gasteiger partial charge in [-0.1, -0.05) is 23.7 Å². The molecule has 7 nitrogen and oxygen atoms in total. The number of aromatic nitrogens is 3. The van der Waals surface area contributed by atoms with Gasteiger partial charge in [-0.25, -0.2) is 0 Å². The van der Waals surface area contributed by atoms with Crippen molar-refractivity contribution >= 4 is 28.9 Å². The average molecular weight is 383 g/mol. The van der Waals surface area contributed by atoms with Gasteiger partial charge in [0.05, 0.1) is 22.0 Å². The highest BCUT2D eigenvalue weighted by molar-refractivity contribution is 6.33. The summed E-state index contributed by atoms with van der Waals surface area (Å²) in [5.74, 6) is -0.0309. The van der Waals surface area contributed by atoms with Crippen LogP contribution < -0.4 is 10.6 Å². The van der Waals surface area contributed by atoms with E-state index in [4.69, 9.17) is 17.3 Å². The molecule has 2 aromatic carbocycles. The van der Waals surface area contributed by atoms with Gasteiger partial charge in [0.15, 0.2) is 0 Å². The molecule has 1 amide bonds. The maximum atomic E-state index is 12.7. The molecule has 1 saturated heterocycles. The number of nitrogen functional groups attached to an aromatic ring is 1. The Morgan fingerprint density at radius 2 is 1.67 bits per heavy atom. The summed E-state index contributed by atoms with van der Waals surface area (Å²) in [4.78, 5) is 16.8. The molecular weight excluding hydrogens is 364 g/mol. The molecule has 2 N–H and O–H groups in total. The number of amides is 1. The molecule has 1 aliphatic rings. The van der Waals surface area contributed by atoms with E-state index in [1.54, 1.807) is 24.8 Å². The number of carbonyl (C=O) groups excluding carboxylic acids is 1. The minimum Gasteiger partial charge on any atom is -0.399 e. The standard InChI is InChI=1S/C19H19ClN6O/c20-16-4-2-1-3-15(16)19(27)25-9-7-24(8-10-25)17-6-5-14(21)11-18(17)26-12-22-23-13-26/h1-6,11-13H,7-10,21H2. The van der Waals surface area contributed by atoms with Crippen molar-refractivity contribution in [2.45, 2.75) is 0 Å². The van der Waals surface area contributed by atoms with Crippen LogP contribution in [-0.2, 0) is 0 Å². The van der Waals surface area contributed by atoms with E-state index in [1.807, 2.05) is 39.8 Å². The van der Waals surface area contributed by atoms with Crippen molar-refractivity contribution < 1.29 is 4.79 Å². The third-order valence-corrected chi connectivity index (χ3v) is 5.04. The topological polar surface area (TPSA) is 80.3 Å². The van der Waals surface area contributed by atoms with Crippen molar-refractivity contribution in [3.63, 3.8) is 0 Å². The number of rotatable bonds is 3. The first-order valence-electron chi connectivity index (χ1n) is 8.67. The van der Waals surface area contributed by atoms with Crippen LogP contribution in [-0.4, -0.2) is 51.8 Å². The maximum Gasteiger partial charge on any atom is 0.255 e. The number of halogens is 1. The Bertz CT molecular complexity index is 951. The molecule has 1 fully saturated rings. The second kappa shape index (κ2) is 7.28. The SMILES string of the molecule is Nc1ccc(N2CCN(C(=O)c3ccccc3Cl)CC2)c(-n2cnnc2)c1. The molecule has 138 valence electrons. The zero-order chi connectivity index (χ0) is 18.8. The number of hydrogen-bond donors (Lipinski definition) is 1. The summed E-state index contributed by atoms with van der Waals surface area (Å²) >= 11 is 6.17. The molecule has 0 radical (unpaired) electrons. The van der Waals surface area contributed by atoms with Gasteiger partial charge in [-0.2, -0.15) is 0 Å². The molecule has 3 aromatic rings. The predicted octanol–water partition coefficient (Wildman–Crippen LogP) is 2.47. The van der Waals surface area contributed by atoms with Gasteiger partial charge in [0.1, 0.15) is 12.7 Å². The number of hydrogen-bond acceptors (Lipinski definition) is 5. The summed E-state index contributed by atoms with van der Waals surface area (Å²) in [6, 6.07) is 12.9. The quantitative estimate of drug-likeness (QED) is 0.704. The van der Waals surface area contributed by atoms with Crippen LogP contribution in [0.5, 0.6) is 0 Å². The lowest BCUT2D eigenvalue weighted by Gasteiger charge is -2.37. The Hall–Kier alpha value is -3.06. The van der Waals surface area contributed by atoms with Gasteiger partial charge in [-0.15, -0.1) is 10.2 Å². The van der Waals surface area contributed by atoms with Crippen LogP contribution in [0.25, 0.3) is 5.69 Å². The number of carbonyl (C=O) groups is 1. The summed E-state index contributed by atoms with van der Waals surface area (Å²) in [7, 11) is 0. The van der Waals surface area contributed by atoms with Gasteiger partial charge in [0, 0.05) is 31.9 Å². The van der Waals surface area contributed by atoms with E-state index >= 15 is 0 Å². The average Bonchev–Trinajstić information content (AvgIpc) is 3.23. The van der Waals surface area contributed by atoms with Crippen LogP contribution in [0.4, 0.5) is 11.4 Å². The zero-order valence-corrected chi connectivity index (χ0v) is 15.4. The number of anilines is 2. The molecule has 1 aliphatic heterocycles. The van der Waals surface area contributed by atoms with Crippen LogP contribution in [0.1, 0.15) is 10.4 Å². The van der Waals surface area contributed by atoms with Gasteiger partial charge < -0.3 is 15.5 Å². The van der Waals surface area contributed by atoms with Crippen molar-refractivity contribution in [2.75, 3.05) is 36.8 Å². The highest BCUT2D eigenvalue weighted by atomic mass is 35.5. The summed E-state index contributed by atoms with van der Waals surface area (Å²) in [5.41, 5.74) is 9.15. The fraction of sp³-hybridized carbons (Fsp3) is 0.211. The maximum absolute atomic E-state index is 12.7. The van der Waals surface area contributed by atoms with Crippen molar-refractivity contribution in [3.05, 3.63) is 65.7 Å². The molecule has 0 saturated carbocycles. The van der Waals surface area contributed by atoms with E-state index in [1.165, 1.54) is 0 Å². The molecule has 8 heteroatoms. The highest BCUT2D eigenvalue weighted by Crippen LogP contribution is 2.28. The second-order valence-corrected chi connectivity index (χ2v) is 6.78. The van der Waals surface area contributed by atoms with E-state index in [0.717, 1.165) is 24.5 Å². The lowest BCUT2D eigenvalue weighted by molar-refractivity contribution is 0.0747. The molecule has 0 atom stereocenters. The Kier molecular flexibility index (Phi) is 4.68. The predicted molar refractivity (Wildman–Crippen MR) is 105 cm³/mol. The molecule has 27 heavy (non-hydrogen) atoms. The normalized spacial score (nSPS) is 14.4. The van der Waals surface area contributed by atoms with Gasteiger partial charge in [-0.3, -0.25) is 9.36 Å². The Labute approximate surface area is 162 Å². The van der Waals surface area contributed by atoms with Crippen molar-refractivity contribution in [2.24, 2.45) is 0 Å². The molecule has 0 aliphatic carbocycles. The van der Waals surface area contributed by atoms with Crippen LogP contribution in [0, 0.1) is 0 Å². The van der Waals surface area contributed by atoms with Crippen LogP contribution in [0.2, 0.25) is 5.02 Å². The minimum atomic E-state index is -0.0309. The first kappa shape index (κ1) is 17.4. The fourth-order valence-corrected chi connectivity index (χ4v) is 3.51. The van der Waals surface area contributed by atoms with Gasteiger partial charge in [-0.05, 0) is 30.3 Å². The Morgan fingerprint density at radius 1 is 0.963 bits per heavy atom. The van der Waals surface area contributed by atoms with Gasteiger partial charge in [0.2, 0.25) is 0 Å². The molecule has 0 spiro atoms. The summed E-state index contributed by atoms with van der Waals surface area (Å²) < 4.78 is 1.84. The monoisotopic (exact) mass is 382 g/mol. The smallest absolute Gasteiger partial charge is 0.255 e. The largest absolute Gasteiger partial charge is 0.399 e. The third kappa shape index (κ3) is 3.46. The molecule has 2 heterocycles. The first-order chi connectivity index (χ1) is 13.1.